The third-order valence-electron chi connectivity index (χ3n) is 5.80. The van der Waals surface area contributed by atoms with Crippen molar-refractivity contribution in [3.8, 4) is 0 Å². The van der Waals surface area contributed by atoms with Gasteiger partial charge < -0.3 is 10.2 Å². The van der Waals surface area contributed by atoms with Crippen LogP contribution in [0.25, 0.3) is 0 Å². The van der Waals surface area contributed by atoms with Crippen molar-refractivity contribution in [2.45, 2.75) is 65.3 Å². The Kier molecular flexibility index (Phi) is 8.20. The van der Waals surface area contributed by atoms with E-state index >= 15 is 0 Å². The second-order valence-corrected chi connectivity index (χ2v) is 8.27. The second-order valence-electron chi connectivity index (χ2n) is 8.27. The van der Waals surface area contributed by atoms with E-state index in [1.807, 2.05) is 13.0 Å². The van der Waals surface area contributed by atoms with Gasteiger partial charge in [-0.3, -0.25) is 19.6 Å². The second kappa shape index (κ2) is 10.4. The quantitative estimate of drug-likeness (QED) is 0.317. The molecule has 1 fully saturated rings. The maximum absolute atomic E-state index is 13.2. The normalized spacial score (nSPS) is 19.9. The Bertz CT molecular complexity index is 737. The van der Waals surface area contributed by atoms with Crippen LogP contribution in [0.3, 0.4) is 0 Å². The zero-order valence-corrected chi connectivity index (χ0v) is 17.7. The third kappa shape index (κ3) is 6.29. The fourth-order valence-electron chi connectivity index (χ4n) is 3.97. The van der Waals surface area contributed by atoms with Crippen LogP contribution < -0.4 is 10.8 Å². The highest BCUT2D eigenvalue weighted by molar-refractivity contribution is 5.91. The molecule has 0 bridgehead atoms. The minimum absolute atomic E-state index is 0.0272. The number of hydrogen-bond donors (Lipinski definition) is 3. The number of amides is 3. The minimum atomic E-state index is -0.689. The van der Waals surface area contributed by atoms with Crippen molar-refractivity contribution in [2.24, 2.45) is 5.41 Å². The summed E-state index contributed by atoms with van der Waals surface area (Å²) >= 11 is 0. The molecule has 0 saturated carbocycles. The maximum Gasteiger partial charge on any atom is 0.266 e. The van der Waals surface area contributed by atoms with Crippen LogP contribution in [0.5, 0.6) is 0 Å². The molecule has 0 aliphatic carbocycles. The highest BCUT2D eigenvalue weighted by Crippen LogP contribution is 2.37. The molecule has 0 aromatic heterocycles. The van der Waals surface area contributed by atoms with Crippen LogP contribution in [-0.4, -0.2) is 47.0 Å². The summed E-state index contributed by atoms with van der Waals surface area (Å²) in [5, 5.41) is 11.9. The molecular formula is C22H33N3O4. The number of benzene rings is 1. The summed E-state index contributed by atoms with van der Waals surface area (Å²) in [6.45, 7) is 6.52. The number of likely N-dealkylation sites (tertiary alicyclic amines) is 1. The van der Waals surface area contributed by atoms with Crippen molar-refractivity contribution < 1.29 is 19.6 Å². The summed E-state index contributed by atoms with van der Waals surface area (Å²) in [5.41, 5.74) is 3.61. The van der Waals surface area contributed by atoms with Crippen LogP contribution >= 0.6 is 0 Å². The van der Waals surface area contributed by atoms with Crippen LogP contribution in [-0.2, 0) is 20.8 Å². The van der Waals surface area contributed by atoms with Crippen LogP contribution in [0.15, 0.2) is 24.3 Å². The zero-order valence-electron chi connectivity index (χ0n) is 17.7. The van der Waals surface area contributed by atoms with E-state index in [2.05, 4.69) is 30.4 Å². The summed E-state index contributed by atoms with van der Waals surface area (Å²) in [7, 11) is 0. The molecule has 0 spiro atoms. The Morgan fingerprint density at radius 1 is 1.31 bits per heavy atom. The average molecular weight is 404 g/mol. The third-order valence-corrected chi connectivity index (χ3v) is 5.80. The Morgan fingerprint density at radius 3 is 2.72 bits per heavy atom. The number of nitrogens with zero attached hydrogens (tertiary/aromatic N) is 1. The molecule has 1 aromatic carbocycles. The van der Waals surface area contributed by atoms with E-state index < -0.39 is 17.4 Å². The van der Waals surface area contributed by atoms with Gasteiger partial charge in [-0.1, -0.05) is 36.8 Å². The lowest BCUT2D eigenvalue weighted by Gasteiger charge is -2.29. The van der Waals surface area contributed by atoms with Crippen molar-refractivity contribution in [3.63, 3.8) is 0 Å². The number of carbonyl (C=O) groups excluding carboxylic acids is 3. The smallest absolute Gasteiger partial charge is 0.266 e. The Balaban J connectivity index is 1.97. The zero-order chi connectivity index (χ0) is 21.4. The first-order valence-corrected chi connectivity index (χ1v) is 10.3. The number of unbranched alkanes of at least 4 members (excludes halogenated alkanes) is 1. The molecule has 1 aliphatic heterocycles. The first kappa shape index (κ1) is 22.9. The molecule has 1 aromatic rings. The van der Waals surface area contributed by atoms with Crippen molar-refractivity contribution in [1.82, 2.24) is 15.7 Å². The molecule has 29 heavy (non-hydrogen) atoms. The summed E-state index contributed by atoms with van der Waals surface area (Å²) in [6, 6.07) is 7.60. The fourth-order valence-corrected chi connectivity index (χ4v) is 3.97. The molecule has 2 atom stereocenters. The van der Waals surface area contributed by atoms with E-state index in [4.69, 9.17) is 5.21 Å². The van der Waals surface area contributed by atoms with Gasteiger partial charge in [0.2, 0.25) is 11.8 Å². The number of nitrogens with one attached hydrogen (secondary N) is 2. The molecule has 7 heteroatoms. The molecule has 1 aliphatic rings. The number of hydroxylamine groups is 1. The molecule has 160 valence electrons. The van der Waals surface area contributed by atoms with Crippen LogP contribution in [0, 0.1) is 12.3 Å². The van der Waals surface area contributed by atoms with Crippen LogP contribution in [0.4, 0.5) is 0 Å². The summed E-state index contributed by atoms with van der Waals surface area (Å²) in [6.07, 6.45) is 4.06. The van der Waals surface area contributed by atoms with Crippen molar-refractivity contribution in [3.05, 3.63) is 35.4 Å². The highest BCUT2D eigenvalue weighted by atomic mass is 16.5. The summed E-state index contributed by atoms with van der Waals surface area (Å²) in [4.78, 5) is 37.9. The van der Waals surface area contributed by atoms with E-state index in [9.17, 15) is 14.4 Å². The van der Waals surface area contributed by atoms with E-state index in [0.717, 1.165) is 12.8 Å². The van der Waals surface area contributed by atoms with Crippen molar-refractivity contribution in [2.75, 3.05) is 13.1 Å². The first-order valence-electron chi connectivity index (χ1n) is 10.3. The van der Waals surface area contributed by atoms with Gasteiger partial charge in [-0.05, 0) is 51.0 Å². The van der Waals surface area contributed by atoms with Gasteiger partial charge in [0.1, 0.15) is 6.04 Å². The monoisotopic (exact) mass is 403 g/mol. The fraction of sp³-hybridized carbons (Fsp3) is 0.591. The Hall–Kier alpha value is -2.41. The van der Waals surface area contributed by atoms with Crippen molar-refractivity contribution in [1.29, 1.82) is 0 Å². The van der Waals surface area contributed by atoms with Crippen LogP contribution in [0.1, 0.15) is 57.1 Å². The molecule has 1 heterocycles. The lowest BCUT2D eigenvalue weighted by molar-refractivity contribution is -0.146. The van der Waals surface area contributed by atoms with E-state index in [1.54, 1.807) is 10.4 Å². The molecular weight excluding hydrogens is 370 g/mol. The summed E-state index contributed by atoms with van der Waals surface area (Å²) in [5.74, 6) is -0.671. The molecule has 0 radical (unpaired) electrons. The molecule has 7 nitrogen and oxygen atoms in total. The van der Waals surface area contributed by atoms with Gasteiger partial charge in [0.25, 0.3) is 5.91 Å². The molecule has 2 rings (SSSR count). The van der Waals surface area contributed by atoms with Gasteiger partial charge in [-0.2, -0.15) is 0 Å². The average Bonchev–Trinajstić information content (AvgIpc) is 2.98. The van der Waals surface area contributed by atoms with Gasteiger partial charge in [-0.15, -0.1) is 0 Å². The van der Waals surface area contributed by atoms with Gasteiger partial charge in [0.05, 0.1) is 0 Å². The number of rotatable bonds is 10. The maximum atomic E-state index is 13.2. The molecule has 2 unspecified atom stereocenters. The lowest BCUT2D eigenvalue weighted by Crippen LogP contribution is -2.48. The Morgan fingerprint density at radius 2 is 2.07 bits per heavy atom. The molecule has 1 saturated heterocycles. The molecule has 3 amide bonds. The molecule has 3 N–H and O–H groups in total. The number of hydrogen-bond acceptors (Lipinski definition) is 4. The predicted octanol–water partition coefficient (Wildman–Crippen LogP) is 2.35. The topological polar surface area (TPSA) is 98.7 Å². The largest absolute Gasteiger partial charge is 0.356 e. The summed E-state index contributed by atoms with van der Waals surface area (Å²) < 4.78 is 0. The number of carbonyl (C=O) groups is 3. The van der Waals surface area contributed by atoms with Gasteiger partial charge >= 0.3 is 0 Å². The van der Waals surface area contributed by atoms with Gasteiger partial charge in [0.15, 0.2) is 0 Å². The SMILES string of the molecule is CC(=O)NCCCCC(C(=O)NO)N1CCC(C)(CCc2cccc(C)c2)C1=O. The lowest BCUT2D eigenvalue weighted by atomic mass is 9.82. The van der Waals surface area contributed by atoms with Gasteiger partial charge in [0, 0.05) is 25.4 Å². The Labute approximate surface area is 172 Å². The van der Waals surface area contributed by atoms with E-state index in [1.165, 1.54) is 18.1 Å². The van der Waals surface area contributed by atoms with E-state index in [-0.39, 0.29) is 11.8 Å². The highest BCUT2D eigenvalue weighted by Gasteiger charge is 2.46. The first-order chi connectivity index (χ1) is 13.8. The van der Waals surface area contributed by atoms with E-state index in [0.29, 0.717) is 38.8 Å². The number of aryl methyl sites for hydroxylation is 2. The standard InChI is InChI=1S/C22H33N3O4/c1-16-7-6-8-18(15-16)10-11-22(3)12-14-25(21(22)28)19(20(27)24-29)9-4-5-13-23-17(2)26/h6-8,15,19,29H,4-5,9-14H2,1-3H3,(H,23,26)(H,24,27). The predicted molar refractivity (Wildman–Crippen MR) is 110 cm³/mol. The van der Waals surface area contributed by atoms with Crippen LogP contribution in [0.2, 0.25) is 0 Å². The minimum Gasteiger partial charge on any atom is -0.356 e. The van der Waals surface area contributed by atoms with Gasteiger partial charge in [-0.25, -0.2) is 5.48 Å². The van der Waals surface area contributed by atoms with Crippen molar-refractivity contribution >= 4 is 17.7 Å².